The predicted molar refractivity (Wildman–Crippen MR) is 80.2 cm³/mol. The van der Waals surface area contributed by atoms with E-state index in [1.54, 1.807) is 0 Å². The molecule has 0 heterocycles. The van der Waals surface area contributed by atoms with Crippen molar-refractivity contribution in [2.75, 3.05) is 26.7 Å². The third-order valence-corrected chi connectivity index (χ3v) is 3.49. The van der Waals surface area contributed by atoms with Crippen LogP contribution < -0.4 is 5.73 Å². The summed E-state index contributed by atoms with van der Waals surface area (Å²) in [5.74, 6) is 0.474. The van der Waals surface area contributed by atoms with Crippen molar-refractivity contribution in [1.82, 2.24) is 4.90 Å². The molecule has 0 aromatic heterocycles. The normalized spacial score (nSPS) is 13.9. The highest BCUT2D eigenvalue weighted by Crippen LogP contribution is 2.21. The first kappa shape index (κ1) is 15.5. The molecule has 1 rings (SSSR count). The van der Waals surface area contributed by atoms with Crippen LogP contribution in [-0.2, 0) is 0 Å². The lowest BCUT2D eigenvalue weighted by Crippen LogP contribution is -2.38. The molecule has 3 heteroatoms. The van der Waals surface area contributed by atoms with Crippen LogP contribution in [0, 0.1) is 5.41 Å². The highest BCUT2D eigenvalue weighted by molar-refractivity contribution is 6.30. The zero-order valence-corrected chi connectivity index (χ0v) is 12.7. The molecule has 0 amide bonds. The van der Waals surface area contributed by atoms with Crippen LogP contribution in [0.2, 0.25) is 5.02 Å². The fourth-order valence-electron chi connectivity index (χ4n) is 2.25. The van der Waals surface area contributed by atoms with Crippen molar-refractivity contribution in [3.05, 3.63) is 34.9 Å². The van der Waals surface area contributed by atoms with Crippen molar-refractivity contribution in [3.8, 4) is 0 Å². The van der Waals surface area contributed by atoms with Gasteiger partial charge in [-0.05, 0) is 42.6 Å². The zero-order valence-electron chi connectivity index (χ0n) is 11.9. The molecule has 18 heavy (non-hydrogen) atoms. The van der Waals surface area contributed by atoms with Crippen molar-refractivity contribution in [2.45, 2.75) is 26.7 Å². The number of likely N-dealkylation sites (N-methyl/N-ethyl adjacent to an activating group) is 1. The molecule has 1 unspecified atom stereocenters. The van der Waals surface area contributed by atoms with Crippen LogP contribution in [0.15, 0.2) is 24.3 Å². The Labute approximate surface area is 116 Å². The van der Waals surface area contributed by atoms with E-state index in [1.807, 2.05) is 18.2 Å². The Balaban J connectivity index is 2.57. The van der Waals surface area contributed by atoms with Gasteiger partial charge in [-0.3, -0.25) is 0 Å². The van der Waals surface area contributed by atoms with Crippen LogP contribution in [-0.4, -0.2) is 31.6 Å². The van der Waals surface area contributed by atoms with Crippen molar-refractivity contribution >= 4 is 11.6 Å². The Hall–Kier alpha value is -0.570. The minimum absolute atomic E-state index is 0.169. The summed E-state index contributed by atoms with van der Waals surface area (Å²) in [6.45, 7) is 9.37. The summed E-state index contributed by atoms with van der Waals surface area (Å²) in [6.07, 6.45) is 0. The molecular formula is C15H25ClN2. The van der Waals surface area contributed by atoms with E-state index < -0.39 is 0 Å². The summed E-state index contributed by atoms with van der Waals surface area (Å²) in [6, 6.07) is 8.11. The molecule has 0 spiro atoms. The van der Waals surface area contributed by atoms with E-state index in [0.29, 0.717) is 12.5 Å². The fourth-order valence-corrected chi connectivity index (χ4v) is 2.44. The highest BCUT2D eigenvalue weighted by atomic mass is 35.5. The van der Waals surface area contributed by atoms with E-state index in [4.69, 9.17) is 17.3 Å². The lowest BCUT2D eigenvalue weighted by Gasteiger charge is -2.30. The van der Waals surface area contributed by atoms with Gasteiger partial charge >= 0.3 is 0 Å². The van der Waals surface area contributed by atoms with E-state index in [9.17, 15) is 0 Å². The van der Waals surface area contributed by atoms with Crippen molar-refractivity contribution in [3.63, 3.8) is 0 Å². The lowest BCUT2D eigenvalue weighted by atomic mass is 9.92. The number of nitrogens with zero attached hydrogens (tertiary/aromatic N) is 1. The van der Waals surface area contributed by atoms with E-state index >= 15 is 0 Å². The molecule has 0 fully saturated rings. The van der Waals surface area contributed by atoms with Crippen LogP contribution in [0.4, 0.5) is 0 Å². The molecule has 1 aromatic carbocycles. The standard InChI is InChI=1S/C15H25ClN2/c1-12(13-6-5-7-14(16)8-13)9-18(4)11-15(2,3)10-17/h5-8,12H,9-11,17H2,1-4H3. The van der Waals surface area contributed by atoms with Crippen LogP contribution in [0.3, 0.4) is 0 Å². The molecule has 0 radical (unpaired) electrons. The van der Waals surface area contributed by atoms with Gasteiger partial charge in [0, 0.05) is 18.1 Å². The number of hydrogen-bond donors (Lipinski definition) is 1. The lowest BCUT2D eigenvalue weighted by molar-refractivity contribution is 0.209. The van der Waals surface area contributed by atoms with E-state index in [-0.39, 0.29) is 5.41 Å². The highest BCUT2D eigenvalue weighted by Gasteiger charge is 2.19. The maximum atomic E-state index is 6.02. The summed E-state index contributed by atoms with van der Waals surface area (Å²) in [7, 11) is 2.15. The zero-order chi connectivity index (χ0) is 13.8. The minimum Gasteiger partial charge on any atom is -0.330 e. The SMILES string of the molecule is CC(CN(C)CC(C)(C)CN)c1cccc(Cl)c1. The second-order valence-corrected chi connectivity index (χ2v) is 6.46. The van der Waals surface area contributed by atoms with E-state index in [0.717, 1.165) is 18.1 Å². The molecule has 1 aromatic rings. The Kier molecular flexibility index (Phi) is 5.64. The summed E-state index contributed by atoms with van der Waals surface area (Å²) in [5, 5.41) is 0.810. The molecule has 102 valence electrons. The minimum atomic E-state index is 0.169. The van der Waals surface area contributed by atoms with Crippen molar-refractivity contribution < 1.29 is 0 Å². The predicted octanol–water partition coefficient (Wildman–Crippen LogP) is 3.36. The number of hydrogen-bond acceptors (Lipinski definition) is 2. The monoisotopic (exact) mass is 268 g/mol. The van der Waals surface area contributed by atoms with Gasteiger partial charge in [-0.1, -0.05) is 44.5 Å². The molecule has 2 nitrogen and oxygen atoms in total. The maximum absolute atomic E-state index is 6.02. The number of rotatable bonds is 6. The maximum Gasteiger partial charge on any atom is 0.0408 e. The third-order valence-electron chi connectivity index (χ3n) is 3.25. The largest absolute Gasteiger partial charge is 0.330 e. The van der Waals surface area contributed by atoms with Gasteiger partial charge in [0.2, 0.25) is 0 Å². The first-order chi connectivity index (χ1) is 8.34. The summed E-state index contributed by atoms with van der Waals surface area (Å²) < 4.78 is 0. The van der Waals surface area contributed by atoms with Gasteiger partial charge in [-0.25, -0.2) is 0 Å². The fraction of sp³-hybridized carbons (Fsp3) is 0.600. The quantitative estimate of drug-likeness (QED) is 0.857. The van der Waals surface area contributed by atoms with Crippen molar-refractivity contribution in [1.29, 1.82) is 0 Å². The average molecular weight is 269 g/mol. The van der Waals surface area contributed by atoms with Crippen LogP contribution in [0.25, 0.3) is 0 Å². The third kappa shape index (κ3) is 4.97. The average Bonchev–Trinajstić information content (AvgIpc) is 2.28. The Morgan fingerprint density at radius 1 is 1.39 bits per heavy atom. The Morgan fingerprint density at radius 2 is 2.06 bits per heavy atom. The molecule has 0 aliphatic rings. The van der Waals surface area contributed by atoms with Gasteiger partial charge in [0.25, 0.3) is 0 Å². The molecule has 0 saturated carbocycles. The summed E-state index contributed by atoms with van der Waals surface area (Å²) in [4.78, 5) is 2.35. The molecule has 0 aliphatic heterocycles. The van der Waals surface area contributed by atoms with E-state index in [2.05, 4.69) is 38.8 Å². The molecule has 0 aliphatic carbocycles. The number of benzene rings is 1. The number of nitrogens with two attached hydrogens (primary N) is 1. The van der Waals surface area contributed by atoms with Gasteiger partial charge in [-0.2, -0.15) is 0 Å². The smallest absolute Gasteiger partial charge is 0.0408 e. The molecular weight excluding hydrogens is 244 g/mol. The van der Waals surface area contributed by atoms with Gasteiger partial charge < -0.3 is 10.6 Å². The number of halogens is 1. The van der Waals surface area contributed by atoms with E-state index in [1.165, 1.54) is 5.56 Å². The second kappa shape index (κ2) is 6.55. The van der Waals surface area contributed by atoms with Gasteiger partial charge in [0.15, 0.2) is 0 Å². The second-order valence-electron chi connectivity index (χ2n) is 6.02. The molecule has 0 bridgehead atoms. The van der Waals surface area contributed by atoms with Crippen LogP contribution in [0.1, 0.15) is 32.3 Å². The van der Waals surface area contributed by atoms with Crippen LogP contribution >= 0.6 is 11.6 Å². The van der Waals surface area contributed by atoms with Gasteiger partial charge in [0.1, 0.15) is 0 Å². The topological polar surface area (TPSA) is 29.3 Å². The van der Waals surface area contributed by atoms with Crippen LogP contribution in [0.5, 0.6) is 0 Å². The van der Waals surface area contributed by atoms with Gasteiger partial charge in [0.05, 0.1) is 0 Å². The first-order valence-electron chi connectivity index (χ1n) is 6.48. The molecule has 0 saturated heterocycles. The summed E-state index contributed by atoms with van der Waals surface area (Å²) in [5.41, 5.74) is 7.23. The Morgan fingerprint density at radius 3 is 2.61 bits per heavy atom. The molecule has 1 atom stereocenters. The molecule has 2 N–H and O–H groups in total. The van der Waals surface area contributed by atoms with Gasteiger partial charge in [-0.15, -0.1) is 0 Å². The first-order valence-corrected chi connectivity index (χ1v) is 6.86. The van der Waals surface area contributed by atoms with Crippen molar-refractivity contribution in [2.24, 2.45) is 11.1 Å². The summed E-state index contributed by atoms with van der Waals surface area (Å²) >= 11 is 6.02. The Bertz CT molecular complexity index is 377.